The van der Waals surface area contributed by atoms with E-state index in [2.05, 4.69) is 12.6 Å². The van der Waals surface area contributed by atoms with Gasteiger partial charge in [0.15, 0.2) is 0 Å². The Labute approximate surface area is 92.8 Å². The maximum atomic E-state index is 11.2. The molecule has 0 bridgehead atoms. The maximum absolute atomic E-state index is 11.2. The van der Waals surface area contributed by atoms with Gasteiger partial charge in [-0.3, -0.25) is 4.79 Å². The van der Waals surface area contributed by atoms with E-state index < -0.39 is 18.0 Å². The second kappa shape index (κ2) is 7.00. The number of esters is 1. The van der Waals surface area contributed by atoms with Crippen LogP contribution in [0.5, 0.6) is 0 Å². The largest absolute Gasteiger partial charge is 0.478 e. The van der Waals surface area contributed by atoms with Crippen molar-refractivity contribution in [3.05, 3.63) is 0 Å². The number of carbonyl (C=O) groups excluding carboxylic acids is 1. The van der Waals surface area contributed by atoms with Crippen LogP contribution in [0, 0.1) is 5.92 Å². The highest BCUT2D eigenvalue weighted by Crippen LogP contribution is 2.07. The molecule has 0 rings (SSSR count). The number of hydrogen-bond acceptors (Lipinski definition) is 5. The zero-order chi connectivity index (χ0) is 11.1. The summed E-state index contributed by atoms with van der Waals surface area (Å²) in [6.07, 6.45) is 0.700. The van der Waals surface area contributed by atoms with Crippen molar-refractivity contribution in [1.82, 2.24) is 0 Å². The normalized spacial score (nSPS) is 14.5. The zero-order valence-electron chi connectivity index (χ0n) is 8.10. The Morgan fingerprint density at radius 1 is 1.57 bits per heavy atom. The van der Waals surface area contributed by atoms with Crippen molar-refractivity contribution in [3.8, 4) is 0 Å². The van der Waals surface area contributed by atoms with E-state index in [4.69, 9.17) is 9.84 Å². The van der Waals surface area contributed by atoms with Crippen molar-refractivity contribution in [2.75, 3.05) is 17.8 Å². The maximum Gasteiger partial charge on any atom is 0.345 e. The fourth-order valence-corrected chi connectivity index (χ4v) is 1.30. The van der Waals surface area contributed by atoms with Crippen LogP contribution in [0.3, 0.4) is 0 Å². The number of ether oxygens (including phenoxy) is 1. The molecule has 0 heterocycles. The Balaban J connectivity index is 4.15. The van der Waals surface area contributed by atoms with Crippen LogP contribution in [0.25, 0.3) is 0 Å². The first-order chi connectivity index (χ1) is 6.52. The van der Waals surface area contributed by atoms with Crippen LogP contribution in [0.4, 0.5) is 0 Å². The second-order valence-electron chi connectivity index (χ2n) is 2.80. The number of hydrogen-bond donors (Lipinski definition) is 2. The number of carboxylic acid groups (broad SMARTS) is 1. The molecule has 0 aromatic rings. The predicted molar refractivity (Wildman–Crippen MR) is 58.9 cm³/mol. The highest BCUT2D eigenvalue weighted by molar-refractivity contribution is 7.98. The van der Waals surface area contributed by atoms with Crippen LogP contribution in [-0.2, 0) is 14.3 Å². The Hall–Kier alpha value is -0.360. The van der Waals surface area contributed by atoms with Gasteiger partial charge in [-0.25, -0.2) is 4.79 Å². The molecule has 0 aromatic heterocycles. The van der Waals surface area contributed by atoms with Crippen molar-refractivity contribution in [2.24, 2.45) is 5.92 Å². The molecule has 1 unspecified atom stereocenters. The van der Waals surface area contributed by atoms with Gasteiger partial charge in [0.2, 0.25) is 6.10 Å². The highest BCUT2D eigenvalue weighted by atomic mass is 32.2. The third-order valence-corrected chi connectivity index (χ3v) is 2.71. The highest BCUT2D eigenvalue weighted by Gasteiger charge is 2.23. The predicted octanol–water partition coefficient (Wildman–Crippen LogP) is 0.912. The van der Waals surface area contributed by atoms with E-state index in [0.717, 1.165) is 0 Å². The van der Waals surface area contributed by atoms with Gasteiger partial charge < -0.3 is 9.84 Å². The zero-order valence-corrected chi connectivity index (χ0v) is 9.81. The molecule has 0 saturated carbocycles. The smallest absolute Gasteiger partial charge is 0.345 e. The van der Waals surface area contributed by atoms with Crippen LogP contribution in [0.1, 0.15) is 6.92 Å². The van der Waals surface area contributed by atoms with Gasteiger partial charge in [-0.2, -0.15) is 24.4 Å². The SMILES string of the molecule is CSCC(OC(=O)[C@@H](C)CS)C(=O)O. The molecule has 0 radical (unpaired) electrons. The summed E-state index contributed by atoms with van der Waals surface area (Å²) in [6, 6.07) is 0. The summed E-state index contributed by atoms with van der Waals surface area (Å²) in [5.74, 6) is -1.38. The van der Waals surface area contributed by atoms with Crippen molar-refractivity contribution in [2.45, 2.75) is 13.0 Å². The first-order valence-corrected chi connectivity index (χ1v) is 6.08. The van der Waals surface area contributed by atoms with Gasteiger partial charge in [0.25, 0.3) is 0 Å². The van der Waals surface area contributed by atoms with E-state index in [1.807, 2.05) is 0 Å². The standard InChI is InChI=1S/C8H14O4S2/c1-5(3-13)8(11)12-6(4-14-2)7(9)10/h5-6,13H,3-4H2,1-2H3,(H,9,10)/t5-,6?/m0/s1. The molecule has 82 valence electrons. The average Bonchev–Trinajstić information content (AvgIpc) is 2.15. The molecule has 0 amide bonds. The first kappa shape index (κ1) is 13.6. The van der Waals surface area contributed by atoms with Crippen LogP contribution in [0.15, 0.2) is 0 Å². The Kier molecular flexibility index (Phi) is 6.82. The lowest BCUT2D eigenvalue weighted by atomic mass is 10.2. The number of carboxylic acids is 1. The summed E-state index contributed by atoms with van der Waals surface area (Å²) < 4.78 is 4.80. The monoisotopic (exact) mass is 238 g/mol. The Bertz CT molecular complexity index is 208. The van der Waals surface area contributed by atoms with Gasteiger partial charge in [0.05, 0.1) is 5.92 Å². The molecule has 0 fully saturated rings. The van der Waals surface area contributed by atoms with E-state index in [1.165, 1.54) is 11.8 Å². The van der Waals surface area contributed by atoms with Crippen LogP contribution in [0.2, 0.25) is 0 Å². The minimum atomic E-state index is -1.11. The lowest BCUT2D eigenvalue weighted by Crippen LogP contribution is -2.31. The Morgan fingerprint density at radius 2 is 2.14 bits per heavy atom. The van der Waals surface area contributed by atoms with Crippen LogP contribution < -0.4 is 0 Å². The first-order valence-electron chi connectivity index (χ1n) is 4.06. The van der Waals surface area contributed by atoms with E-state index in [0.29, 0.717) is 5.75 Å². The fourth-order valence-electron chi connectivity index (χ4n) is 0.638. The van der Waals surface area contributed by atoms with Crippen molar-refractivity contribution < 1.29 is 19.4 Å². The molecule has 0 aliphatic carbocycles. The summed E-state index contributed by atoms with van der Waals surface area (Å²) in [7, 11) is 0. The van der Waals surface area contributed by atoms with Crippen LogP contribution >= 0.6 is 24.4 Å². The molecular formula is C8H14O4S2. The summed E-state index contributed by atoms with van der Waals surface area (Å²) >= 11 is 5.25. The van der Waals surface area contributed by atoms with Gasteiger partial charge in [-0.1, -0.05) is 6.92 Å². The fraction of sp³-hybridized carbons (Fsp3) is 0.750. The average molecular weight is 238 g/mol. The molecule has 4 nitrogen and oxygen atoms in total. The molecule has 0 aliphatic rings. The molecule has 6 heteroatoms. The minimum absolute atomic E-state index is 0.264. The van der Waals surface area contributed by atoms with Crippen molar-refractivity contribution in [1.29, 1.82) is 0 Å². The molecule has 14 heavy (non-hydrogen) atoms. The third-order valence-electron chi connectivity index (χ3n) is 1.53. The van der Waals surface area contributed by atoms with Crippen molar-refractivity contribution in [3.63, 3.8) is 0 Å². The molecule has 2 atom stereocenters. The van der Waals surface area contributed by atoms with Gasteiger partial charge in [0.1, 0.15) is 0 Å². The number of aliphatic carboxylic acids is 1. The molecule has 0 spiro atoms. The van der Waals surface area contributed by atoms with Gasteiger partial charge in [-0.15, -0.1) is 0 Å². The topological polar surface area (TPSA) is 63.6 Å². The molecular weight excluding hydrogens is 224 g/mol. The Morgan fingerprint density at radius 3 is 2.50 bits per heavy atom. The number of thiol groups is 1. The molecule has 0 aliphatic heterocycles. The molecule has 0 saturated heterocycles. The van der Waals surface area contributed by atoms with E-state index in [9.17, 15) is 9.59 Å². The lowest BCUT2D eigenvalue weighted by molar-refractivity contribution is -0.164. The molecule has 1 N–H and O–H groups in total. The summed E-state index contributed by atoms with van der Waals surface area (Å²) in [5, 5.41) is 8.70. The summed E-state index contributed by atoms with van der Waals surface area (Å²) in [6.45, 7) is 1.65. The van der Waals surface area contributed by atoms with Gasteiger partial charge >= 0.3 is 11.9 Å². The quantitative estimate of drug-likeness (QED) is 0.532. The van der Waals surface area contributed by atoms with E-state index in [-0.39, 0.29) is 11.7 Å². The minimum Gasteiger partial charge on any atom is -0.478 e. The number of thioether (sulfide) groups is 1. The summed E-state index contributed by atoms with van der Waals surface area (Å²) in [5.41, 5.74) is 0. The van der Waals surface area contributed by atoms with Gasteiger partial charge in [-0.05, 0) is 6.26 Å². The third kappa shape index (κ3) is 4.76. The van der Waals surface area contributed by atoms with Gasteiger partial charge in [0, 0.05) is 11.5 Å². The van der Waals surface area contributed by atoms with E-state index >= 15 is 0 Å². The summed E-state index contributed by atoms with van der Waals surface area (Å²) in [4.78, 5) is 21.8. The lowest BCUT2D eigenvalue weighted by Gasteiger charge is -2.14. The second-order valence-corrected chi connectivity index (χ2v) is 4.08. The van der Waals surface area contributed by atoms with E-state index in [1.54, 1.807) is 13.2 Å². The molecule has 0 aromatic carbocycles. The number of rotatable bonds is 6. The van der Waals surface area contributed by atoms with Crippen molar-refractivity contribution >= 4 is 36.3 Å². The number of carbonyl (C=O) groups is 2. The van der Waals surface area contributed by atoms with Crippen LogP contribution in [-0.4, -0.2) is 40.9 Å².